The molecule has 0 bridgehead atoms. The zero-order valence-electron chi connectivity index (χ0n) is 14.6. The summed E-state index contributed by atoms with van der Waals surface area (Å²) >= 11 is 0. The zero-order valence-corrected chi connectivity index (χ0v) is 14.6. The van der Waals surface area contributed by atoms with E-state index in [1.807, 2.05) is 12.1 Å². The van der Waals surface area contributed by atoms with Crippen molar-refractivity contribution in [2.24, 2.45) is 5.41 Å². The summed E-state index contributed by atoms with van der Waals surface area (Å²) in [7, 11) is 1.80. The van der Waals surface area contributed by atoms with Gasteiger partial charge in [-0.15, -0.1) is 0 Å². The van der Waals surface area contributed by atoms with E-state index >= 15 is 0 Å². The van der Waals surface area contributed by atoms with Crippen molar-refractivity contribution >= 4 is 6.08 Å². The Balaban J connectivity index is 1.53. The molecule has 2 saturated heterocycles. The van der Waals surface area contributed by atoms with E-state index in [1.54, 1.807) is 13.4 Å². The largest absolute Gasteiger partial charge is 0.465 e. The van der Waals surface area contributed by atoms with Crippen molar-refractivity contribution in [3.05, 3.63) is 29.7 Å². The van der Waals surface area contributed by atoms with Crippen LogP contribution in [0, 0.1) is 5.41 Å². The Bertz CT molecular complexity index is 511. The van der Waals surface area contributed by atoms with Gasteiger partial charge < -0.3 is 14.1 Å². The predicted octanol–water partition coefficient (Wildman–Crippen LogP) is 3.12. The van der Waals surface area contributed by atoms with Crippen LogP contribution in [0.4, 0.5) is 0 Å². The number of furan rings is 1. The second-order valence-electron chi connectivity index (χ2n) is 7.34. The molecule has 2 aliphatic rings. The van der Waals surface area contributed by atoms with Gasteiger partial charge in [0.05, 0.1) is 12.9 Å². The van der Waals surface area contributed by atoms with Crippen molar-refractivity contribution < 1.29 is 9.15 Å². The normalized spacial score (nSPS) is 27.1. The first-order valence-corrected chi connectivity index (χ1v) is 8.83. The van der Waals surface area contributed by atoms with Gasteiger partial charge in [0.25, 0.3) is 0 Å². The number of likely N-dealkylation sites (tertiary alicyclic amines) is 2. The van der Waals surface area contributed by atoms with Crippen LogP contribution < -0.4 is 0 Å². The van der Waals surface area contributed by atoms with Crippen LogP contribution in [0.5, 0.6) is 0 Å². The van der Waals surface area contributed by atoms with E-state index in [4.69, 9.17) is 9.15 Å². The molecule has 3 rings (SSSR count). The number of methoxy groups -OCH3 is 1. The Kier molecular flexibility index (Phi) is 5.57. The van der Waals surface area contributed by atoms with Gasteiger partial charge in [0.1, 0.15) is 5.76 Å². The van der Waals surface area contributed by atoms with Crippen LogP contribution in [0.25, 0.3) is 6.08 Å². The highest BCUT2D eigenvalue weighted by atomic mass is 16.5. The van der Waals surface area contributed by atoms with Crippen LogP contribution in [0.15, 0.2) is 28.4 Å². The summed E-state index contributed by atoms with van der Waals surface area (Å²) in [6.07, 6.45) is 7.95. The summed E-state index contributed by atoms with van der Waals surface area (Å²) in [5.74, 6) is 0.958. The Hall–Kier alpha value is -1.10. The quantitative estimate of drug-likeness (QED) is 0.806. The minimum Gasteiger partial charge on any atom is -0.465 e. The monoisotopic (exact) mass is 318 g/mol. The molecular weight excluding hydrogens is 288 g/mol. The van der Waals surface area contributed by atoms with Crippen molar-refractivity contribution in [3.8, 4) is 0 Å². The molecule has 0 unspecified atom stereocenters. The summed E-state index contributed by atoms with van der Waals surface area (Å²) < 4.78 is 10.7. The molecule has 0 aliphatic carbocycles. The van der Waals surface area contributed by atoms with Gasteiger partial charge >= 0.3 is 0 Å². The van der Waals surface area contributed by atoms with Gasteiger partial charge in [0.15, 0.2) is 0 Å². The van der Waals surface area contributed by atoms with E-state index in [2.05, 4.69) is 22.8 Å². The van der Waals surface area contributed by atoms with E-state index in [0.717, 1.165) is 25.5 Å². The molecular formula is C19H30N2O2. The van der Waals surface area contributed by atoms with Gasteiger partial charge in [-0.05, 0) is 62.9 Å². The van der Waals surface area contributed by atoms with Crippen LogP contribution in [0.2, 0.25) is 0 Å². The number of hydrogen-bond acceptors (Lipinski definition) is 4. The fraction of sp³-hybridized carbons (Fsp3) is 0.684. The molecule has 2 fully saturated rings. The van der Waals surface area contributed by atoms with Gasteiger partial charge in [-0.3, -0.25) is 4.90 Å². The van der Waals surface area contributed by atoms with Gasteiger partial charge in [0.2, 0.25) is 0 Å². The Morgan fingerprint density at radius 2 is 2.17 bits per heavy atom. The van der Waals surface area contributed by atoms with Crippen LogP contribution in [0.1, 0.15) is 31.9 Å². The molecule has 0 N–H and O–H groups in total. The molecule has 23 heavy (non-hydrogen) atoms. The molecule has 0 amide bonds. The minimum atomic E-state index is 0.511. The van der Waals surface area contributed by atoms with Crippen LogP contribution >= 0.6 is 0 Å². The molecule has 4 nitrogen and oxygen atoms in total. The van der Waals surface area contributed by atoms with Crippen LogP contribution in [-0.4, -0.2) is 62.8 Å². The highest BCUT2D eigenvalue weighted by Crippen LogP contribution is 2.39. The third-order valence-electron chi connectivity index (χ3n) is 5.27. The number of nitrogens with zero attached hydrogens (tertiary/aromatic N) is 2. The van der Waals surface area contributed by atoms with Gasteiger partial charge in [0, 0.05) is 33.3 Å². The molecule has 0 radical (unpaired) electrons. The van der Waals surface area contributed by atoms with Crippen LogP contribution in [-0.2, 0) is 4.74 Å². The number of piperidine rings is 1. The Morgan fingerprint density at radius 3 is 2.96 bits per heavy atom. The van der Waals surface area contributed by atoms with Crippen molar-refractivity contribution in [3.63, 3.8) is 0 Å². The van der Waals surface area contributed by atoms with E-state index in [-0.39, 0.29) is 0 Å². The fourth-order valence-corrected chi connectivity index (χ4v) is 4.23. The average molecular weight is 318 g/mol. The van der Waals surface area contributed by atoms with Crippen molar-refractivity contribution in [1.82, 2.24) is 9.80 Å². The van der Waals surface area contributed by atoms with E-state index in [1.165, 1.54) is 51.0 Å². The second-order valence-corrected chi connectivity index (χ2v) is 7.34. The summed E-state index contributed by atoms with van der Waals surface area (Å²) in [5.41, 5.74) is 1.89. The number of rotatable bonds is 6. The van der Waals surface area contributed by atoms with Gasteiger partial charge in [-0.25, -0.2) is 0 Å². The molecule has 2 aliphatic heterocycles. The van der Waals surface area contributed by atoms with E-state index < -0.39 is 0 Å². The lowest BCUT2D eigenvalue weighted by atomic mass is 9.79. The lowest BCUT2D eigenvalue weighted by Crippen LogP contribution is -2.45. The molecule has 1 atom stereocenters. The predicted molar refractivity (Wildman–Crippen MR) is 93.4 cm³/mol. The van der Waals surface area contributed by atoms with E-state index in [0.29, 0.717) is 5.41 Å². The maximum atomic E-state index is 5.42. The van der Waals surface area contributed by atoms with Gasteiger partial charge in [-0.1, -0.05) is 5.57 Å². The first-order chi connectivity index (χ1) is 11.2. The number of hydrogen-bond donors (Lipinski definition) is 0. The first-order valence-electron chi connectivity index (χ1n) is 8.83. The first kappa shape index (κ1) is 16.7. The smallest absolute Gasteiger partial charge is 0.126 e. The molecule has 1 spiro atoms. The fourth-order valence-electron chi connectivity index (χ4n) is 4.23. The lowest BCUT2D eigenvalue weighted by Gasteiger charge is -2.40. The van der Waals surface area contributed by atoms with Crippen molar-refractivity contribution in [2.75, 3.05) is 53.0 Å². The average Bonchev–Trinajstić information content (AvgIpc) is 3.16. The maximum Gasteiger partial charge on any atom is 0.126 e. The molecule has 0 saturated carbocycles. The zero-order chi connectivity index (χ0) is 16.1. The summed E-state index contributed by atoms with van der Waals surface area (Å²) in [6, 6.07) is 3.96. The molecule has 1 aromatic heterocycles. The third kappa shape index (κ3) is 4.46. The Morgan fingerprint density at radius 1 is 1.30 bits per heavy atom. The second kappa shape index (κ2) is 7.65. The summed E-state index contributed by atoms with van der Waals surface area (Å²) in [5, 5.41) is 0. The highest BCUT2D eigenvalue weighted by molar-refractivity contribution is 5.46. The molecule has 4 heteroatoms. The number of ether oxygens (including phenoxy) is 1. The highest BCUT2D eigenvalue weighted by Gasteiger charge is 2.40. The molecule has 3 heterocycles. The van der Waals surface area contributed by atoms with Crippen molar-refractivity contribution in [1.29, 1.82) is 0 Å². The Labute approximate surface area is 140 Å². The SMILES string of the molecule is COCCN1CCC[C@@]2(CCN(C/C(C)=C/c3ccco3)C2)C1. The van der Waals surface area contributed by atoms with Crippen molar-refractivity contribution in [2.45, 2.75) is 26.2 Å². The minimum absolute atomic E-state index is 0.511. The lowest BCUT2D eigenvalue weighted by molar-refractivity contribution is 0.0685. The van der Waals surface area contributed by atoms with Crippen LogP contribution in [0.3, 0.4) is 0 Å². The molecule has 1 aromatic rings. The molecule has 0 aromatic carbocycles. The summed E-state index contributed by atoms with van der Waals surface area (Å²) in [6.45, 7) is 10.1. The standard InChI is InChI=1S/C19H30N2O2/c1-17(13-18-5-3-11-23-18)14-21-9-7-19(16-21)6-4-8-20(15-19)10-12-22-2/h3,5,11,13H,4,6-10,12,14-16H2,1-2H3/b17-13+/t19-/m1/s1. The topological polar surface area (TPSA) is 28.9 Å². The summed E-state index contributed by atoms with van der Waals surface area (Å²) in [4.78, 5) is 5.22. The maximum absolute atomic E-state index is 5.42. The van der Waals surface area contributed by atoms with E-state index in [9.17, 15) is 0 Å². The van der Waals surface area contributed by atoms with Gasteiger partial charge in [-0.2, -0.15) is 0 Å². The molecule has 128 valence electrons. The third-order valence-corrected chi connectivity index (χ3v) is 5.27.